The maximum absolute atomic E-state index is 12.6. The Kier molecular flexibility index (Phi) is 3.61. The second-order valence-corrected chi connectivity index (χ2v) is 6.13. The van der Waals surface area contributed by atoms with Gasteiger partial charge in [0.2, 0.25) is 5.91 Å². The number of aromatic hydroxyl groups is 1. The molecule has 0 aromatic heterocycles. The maximum atomic E-state index is 12.6. The summed E-state index contributed by atoms with van der Waals surface area (Å²) in [6.07, 6.45) is 0.353. The molecular weight excluding hydrogens is 316 g/mol. The second-order valence-electron chi connectivity index (χ2n) is 6.13. The number of rotatable bonds is 2. The summed E-state index contributed by atoms with van der Waals surface area (Å²) in [5.74, 6) is -0.365. The van der Waals surface area contributed by atoms with Gasteiger partial charge in [-0.15, -0.1) is 0 Å². The monoisotopic (exact) mass is 332 g/mol. The zero-order chi connectivity index (χ0) is 17.4. The van der Waals surface area contributed by atoms with Crippen LogP contribution in [0.2, 0.25) is 0 Å². The maximum Gasteiger partial charge on any atom is 0.254 e. The molecule has 4 rings (SSSR count). The highest BCUT2D eigenvalue weighted by molar-refractivity contribution is 6.12. The van der Waals surface area contributed by atoms with Crippen LogP contribution in [0.25, 0.3) is 10.8 Å². The van der Waals surface area contributed by atoms with Crippen LogP contribution in [0.15, 0.2) is 60.7 Å². The number of hydrogen-bond acceptors (Lipinski definition) is 3. The molecule has 0 saturated carbocycles. The molecule has 5 heteroatoms. The molecular formula is C20H16N2O3. The Hall–Kier alpha value is -3.34. The molecule has 0 radical (unpaired) electrons. The lowest BCUT2D eigenvalue weighted by Gasteiger charge is -2.14. The Labute approximate surface area is 144 Å². The number of hydrogen-bond donors (Lipinski definition) is 3. The molecule has 1 unspecified atom stereocenters. The summed E-state index contributed by atoms with van der Waals surface area (Å²) in [5.41, 5.74) is 1.84. The van der Waals surface area contributed by atoms with Crippen LogP contribution in [-0.4, -0.2) is 23.0 Å². The predicted octanol–water partition coefficient (Wildman–Crippen LogP) is 2.84. The van der Waals surface area contributed by atoms with Crippen LogP contribution in [0.1, 0.15) is 15.9 Å². The fraction of sp³-hybridized carbons (Fsp3) is 0.100. The molecule has 3 aromatic rings. The Morgan fingerprint density at radius 2 is 1.60 bits per heavy atom. The van der Waals surface area contributed by atoms with E-state index in [1.54, 1.807) is 30.3 Å². The van der Waals surface area contributed by atoms with E-state index >= 15 is 0 Å². The van der Waals surface area contributed by atoms with Gasteiger partial charge in [0.15, 0.2) is 0 Å². The van der Waals surface area contributed by atoms with E-state index in [2.05, 4.69) is 10.6 Å². The molecule has 1 aliphatic rings. The van der Waals surface area contributed by atoms with Gasteiger partial charge in [-0.25, -0.2) is 0 Å². The van der Waals surface area contributed by atoms with Gasteiger partial charge in [-0.1, -0.05) is 36.4 Å². The standard InChI is InChI=1S/C20H16N2O3/c23-15-7-5-12(6-8-15)9-18-20(25)21-17-11-14-4-2-1-3-13(14)10-16(17)19(24)22-18/h1-8,10-11,18,23H,9H2,(H,21,25)(H,22,24). The number of nitrogens with one attached hydrogen (secondary N) is 2. The van der Waals surface area contributed by atoms with E-state index in [1.807, 2.05) is 30.3 Å². The highest BCUT2D eigenvalue weighted by Gasteiger charge is 2.28. The minimum Gasteiger partial charge on any atom is -0.508 e. The van der Waals surface area contributed by atoms with Crippen molar-refractivity contribution < 1.29 is 14.7 Å². The zero-order valence-electron chi connectivity index (χ0n) is 13.3. The summed E-state index contributed by atoms with van der Waals surface area (Å²) in [5, 5.41) is 16.9. The third kappa shape index (κ3) is 2.92. The third-order valence-corrected chi connectivity index (χ3v) is 4.39. The largest absolute Gasteiger partial charge is 0.508 e. The van der Waals surface area contributed by atoms with Crippen LogP contribution in [-0.2, 0) is 11.2 Å². The van der Waals surface area contributed by atoms with Gasteiger partial charge in [-0.2, -0.15) is 0 Å². The highest BCUT2D eigenvalue weighted by Crippen LogP contribution is 2.26. The smallest absolute Gasteiger partial charge is 0.254 e. The number of anilines is 1. The van der Waals surface area contributed by atoms with Crippen molar-refractivity contribution in [2.45, 2.75) is 12.5 Å². The van der Waals surface area contributed by atoms with Gasteiger partial charge < -0.3 is 15.7 Å². The van der Waals surface area contributed by atoms with E-state index in [9.17, 15) is 14.7 Å². The average Bonchev–Trinajstić information content (AvgIpc) is 2.72. The molecule has 0 aliphatic carbocycles. The molecule has 1 atom stereocenters. The van der Waals surface area contributed by atoms with Gasteiger partial charge in [0.1, 0.15) is 11.8 Å². The van der Waals surface area contributed by atoms with Crippen LogP contribution >= 0.6 is 0 Å². The third-order valence-electron chi connectivity index (χ3n) is 4.39. The van der Waals surface area contributed by atoms with Crippen LogP contribution in [0, 0.1) is 0 Å². The molecule has 25 heavy (non-hydrogen) atoms. The molecule has 0 fully saturated rings. The lowest BCUT2D eigenvalue weighted by molar-refractivity contribution is -0.117. The molecule has 2 amide bonds. The molecule has 0 bridgehead atoms. The summed E-state index contributed by atoms with van der Waals surface area (Å²) < 4.78 is 0. The molecule has 0 saturated heterocycles. The first kappa shape index (κ1) is 15.2. The van der Waals surface area contributed by atoms with E-state index in [1.165, 1.54) is 0 Å². The van der Waals surface area contributed by atoms with Gasteiger partial charge in [-0.05, 0) is 40.6 Å². The van der Waals surface area contributed by atoms with Crippen molar-refractivity contribution in [3.8, 4) is 5.75 Å². The number of carbonyl (C=O) groups is 2. The normalized spacial score (nSPS) is 16.7. The van der Waals surface area contributed by atoms with Gasteiger partial charge in [0, 0.05) is 6.42 Å². The fourth-order valence-corrected chi connectivity index (χ4v) is 3.06. The fourth-order valence-electron chi connectivity index (χ4n) is 3.06. The average molecular weight is 332 g/mol. The van der Waals surface area contributed by atoms with Crippen LogP contribution in [0.4, 0.5) is 5.69 Å². The quantitative estimate of drug-likeness (QED) is 0.675. The number of amides is 2. The Morgan fingerprint density at radius 3 is 2.32 bits per heavy atom. The second kappa shape index (κ2) is 5.94. The van der Waals surface area contributed by atoms with Crippen LogP contribution in [0.5, 0.6) is 5.75 Å². The molecule has 1 heterocycles. The summed E-state index contributed by atoms with van der Waals surface area (Å²) in [6, 6.07) is 17.3. The topological polar surface area (TPSA) is 78.4 Å². The first-order chi connectivity index (χ1) is 12.1. The number of fused-ring (bicyclic) bond motifs is 2. The Morgan fingerprint density at radius 1 is 0.920 bits per heavy atom. The molecule has 0 spiro atoms. The van der Waals surface area contributed by atoms with Crippen LogP contribution < -0.4 is 10.6 Å². The lowest BCUT2D eigenvalue weighted by Crippen LogP contribution is -2.42. The van der Waals surface area contributed by atoms with Gasteiger partial charge in [-0.3, -0.25) is 9.59 Å². The summed E-state index contributed by atoms with van der Waals surface area (Å²) in [7, 11) is 0. The van der Waals surface area contributed by atoms with E-state index < -0.39 is 6.04 Å². The minimum atomic E-state index is -0.674. The summed E-state index contributed by atoms with van der Waals surface area (Å²) >= 11 is 0. The molecule has 3 aromatic carbocycles. The van der Waals surface area contributed by atoms with Crippen molar-refractivity contribution in [3.63, 3.8) is 0 Å². The van der Waals surface area contributed by atoms with Crippen molar-refractivity contribution in [2.75, 3.05) is 5.32 Å². The van der Waals surface area contributed by atoms with Gasteiger partial charge in [0.25, 0.3) is 5.91 Å². The molecule has 5 nitrogen and oxygen atoms in total. The van der Waals surface area contributed by atoms with E-state index in [0.29, 0.717) is 17.7 Å². The van der Waals surface area contributed by atoms with Crippen molar-refractivity contribution in [1.82, 2.24) is 5.32 Å². The first-order valence-electron chi connectivity index (χ1n) is 8.02. The van der Waals surface area contributed by atoms with Crippen molar-refractivity contribution in [3.05, 3.63) is 71.8 Å². The van der Waals surface area contributed by atoms with Crippen molar-refractivity contribution in [2.24, 2.45) is 0 Å². The van der Waals surface area contributed by atoms with Crippen LogP contribution in [0.3, 0.4) is 0 Å². The van der Waals surface area contributed by atoms with E-state index in [4.69, 9.17) is 0 Å². The van der Waals surface area contributed by atoms with Gasteiger partial charge in [0.05, 0.1) is 11.3 Å². The Bertz CT molecular complexity index is 980. The molecule has 1 aliphatic heterocycles. The van der Waals surface area contributed by atoms with E-state index in [-0.39, 0.29) is 17.6 Å². The number of phenols is 1. The van der Waals surface area contributed by atoms with Crippen molar-refractivity contribution >= 4 is 28.3 Å². The number of benzene rings is 3. The first-order valence-corrected chi connectivity index (χ1v) is 8.02. The summed E-state index contributed by atoms with van der Waals surface area (Å²) in [6.45, 7) is 0. The van der Waals surface area contributed by atoms with E-state index in [0.717, 1.165) is 16.3 Å². The van der Waals surface area contributed by atoms with Gasteiger partial charge >= 0.3 is 0 Å². The Balaban J connectivity index is 1.67. The predicted molar refractivity (Wildman–Crippen MR) is 95.6 cm³/mol. The highest BCUT2D eigenvalue weighted by atomic mass is 16.3. The summed E-state index contributed by atoms with van der Waals surface area (Å²) in [4.78, 5) is 25.2. The zero-order valence-corrected chi connectivity index (χ0v) is 13.3. The molecule has 3 N–H and O–H groups in total. The number of carbonyl (C=O) groups excluding carboxylic acids is 2. The number of phenolic OH excluding ortho intramolecular Hbond substituents is 1. The SMILES string of the molecule is O=C1NC(Cc2ccc(O)cc2)C(=O)Nc2cc3ccccc3cc21. The molecule has 124 valence electrons. The van der Waals surface area contributed by atoms with Crippen molar-refractivity contribution in [1.29, 1.82) is 0 Å². The lowest BCUT2D eigenvalue weighted by atomic mass is 10.0. The minimum absolute atomic E-state index is 0.164.